The first-order valence-corrected chi connectivity index (χ1v) is 9.88. The minimum absolute atomic E-state index is 0.0270. The predicted octanol–water partition coefficient (Wildman–Crippen LogP) is 3.33. The normalized spacial score (nSPS) is 10.8. The smallest absolute Gasteiger partial charge is 0.294 e. The van der Waals surface area contributed by atoms with Gasteiger partial charge in [-0.3, -0.25) is 23.9 Å². The molecule has 2 aromatic carbocycles. The molecule has 0 saturated carbocycles. The van der Waals surface area contributed by atoms with Crippen LogP contribution in [0.5, 0.6) is 0 Å². The molecule has 3 rings (SSSR count). The van der Waals surface area contributed by atoms with E-state index in [4.69, 9.17) is 0 Å². The summed E-state index contributed by atoms with van der Waals surface area (Å²) in [5.74, 6) is -0.571. The number of hydrogen-bond acceptors (Lipinski definition) is 4. The van der Waals surface area contributed by atoms with Crippen LogP contribution in [0.4, 0.5) is 11.5 Å². The largest absolute Gasteiger partial charge is 0.324 e. The Bertz CT molecular complexity index is 1170. The zero-order valence-corrected chi connectivity index (χ0v) is 17.9. The third kappa shape index (κ3) is 4.10. The first-order valence-electron chi connectivity index (χ1n) is 9.88. The Morgan fingerprint density at radius 2 is 1.73 bits per heavy atom. The first-order chi connectivity index (χ1) is 14.2. The van der Waals surface area contributed by atoms with Crippen LogP contribution in [0, 0.1) is 20.8 Å². The second-order valence-electron chi connectivity index (χ2n) is 7.40. The quantitative estimate of drug-likeness (QED) is 0.704. The number of carbonyl (C=O) groups is 2. The highest BCUT2D eigenvalue weighted by Crippen LogP contribution is 2.22. The summed E-state index contributed by atoms with van der Waals surface area (Å²) in [6.07, 6.45) is 0. The number of anilines is 2. The average molecular weight is 406 g/mol. The van der Waals surface area contributed by atoms with Gasteiger partial charge in [-0.25, -0.2) is 4.98 Å². The van der Waals surface area contributed by atoms with Gasteiger partial charge in [0.05, 0.1) is 11.0 Å². The molecule has 0 radical (unpaired) electrons. The van der Waals surface area contributed by atoms with Gasteiger partial charge in [-0.1, -0.05) is 29.8 Å². The standard InChI is InChI=1S/C23H26N4O3/c1-6-26(17(5)28)22-23(30)27(19-10-8-7-9-18(19)24-22)13-20(29)25-21-15(3)11-14(2)12-16(21)4/h7-12H,6,13H2,1-5H3,(H,25,29). The summed E-state index contributed by atoms with van der Waals surface area (Å²) in [6.45, 7) is 9.17. The molecular weight excluding hydrogens is 380 g/mol. The minimum atomic E-state index is -0.474. The number of nitrogens with zero attached hydrogens (tertiary/aromatic N) is 3. The van der Waals surface area contributed by atoms with Crippen LogP contribution in [0.15, 0.2) is 41.2 Å². The Hall–Kier alpha value is -3.48. The van der Waals surface area contributed by atoms with Crippen molar-refractivity contribution in [2.45, 2.75) is 41.2 Å². The van der Waals surface area contributed by atoms with Crippen LogP contribution in [-0.4, -0.2) is 27.9 Å². The predicted molar refractivity (Wildman–Crippen MR) is 119 cm³/mol. The molecule has 7 heteroatoms. The number of aromatic nitrogens is 2. The van der Waals surface area contributed by atoms with E-state index in [1.165, 1.54) is 16.4 Å². The van der Waals surface area contributed by atoms with Crippen molar-refractivity contribution in [3.05, 3.63) is 63.4 Å². The van der Waals surface area contributed by atoms with E-state index in [0.29, 0.717) is 17.6 Å². The molecule has 0 aliphatic heterocycles. The summed E-state index contributed by atoms with van der Waals surface area (Å²) < 4.78 is 1.37. The van der Waals surface area contributed by atoms with Gasteiger partial charge in [0, 0.05) is 19.2 Å². The van der Waals surface area contributed by atoms with Crippen LogP contribution >= 0.6 is 0 Å². The second-order valence-corrected chi connectivity index (χ2v) is 7.40. The molecule has 0 aliphatic carbocycles. The van der Waals surface area contributed by atoms with Crippen LogP contribution in [0.3, 0.4) is 0 Å². The minimum Gasteiger partial charge on any atom is -0.324 e. The first kappa shape index (κ1) is 21.2. The fraction of sp³-hybridized carbons (Fsp3) is 0.304. The molecule has 1 aromatic heterocycles. The molecule has 30 heavy (non-hydrogen) atoms. The highest BCUT2D eigenvalue weighted by Gasteiger charge is 2.20. The molecule has 7 nitrogen and oxygen atoms in total. The Morgan fingerprint density at radius 1 is 1.10 bits per heavy atom. The van der Waals surface area contributed by atoms with Crippen LogP contribution in [0.25, 0.3) is 11.0 Å². The number of benzene rings is 2. The maximum atomic E-state index is 13.2. The molecule has 0 fully saturated rings. The zero-order chi connectivity index (χ0) is 22.0. The zero-order valence-electron chi connectivity index (χ0n) is 17.9. The van der Waals surface area contributed by atoms with Crippen molar-refractivity contribution in [2.75, 3.05) is 16.8 Å². The van der Waals surface area contributed by atoms with Crippen molar-refractivity contribution in [3.8, 4) is 0 Å². The maximum absolute atomic E-state index is 13.2. The van der Waals surface area contributed by atoms with Gasteiger partial charge in [0.15, 0.2) is 0 Å². The molecule has 0 spiro atoms. The summed E-state index contributed by atoms with van der Waals surface area (Å²) in [5, 5.41) is 2.93. The van der Waals surface area contributed by atoms with Gasteiger partial charge in [-0.15, -0.1) is 0 Å². The highest BCUT2D eigenvalue weighted by molar-refractivity contribution is 5.94. The summed E-state index contributed by atoms with van der Waals surface area (Å²) in [4.78, 5) is 43.8. The van der Waals surface area contributed by atoms with Crippen LogP contribution in [0.1, 0.15) is 30.5 Å². The number of carbonyl (C=O) groups excluding carboxylic acids is 2. The Labute approximate surface area is 175 Å². The van der Waals surface area contributed by atoms with Crippen molar-refractivity contribution >= 4 is 34.4 Å². The molecule has 3 aromatic rings. The van der Waals surface area contributed by atoms with E-state index in [1.807, 2.05) is 32.9 Å². The Morgan fingerprint density at radius 3 is 2.33 bits per heavy atom. The number of nitrogens with one attached hydrogen (secondary N) is 1. The van der Waals surface area contributed by atoms with Crippen LogP contribution < -0.4 is 15.8 Å². The van der Waals surface area contributed by atoms with E-state index in [-0.39, 0.29) is 24.2 Å². The van der Waals surface area contributed by atoms with E-state index in [9.17, 15) is 14.4 Å². The van der Waals surface area contributed by atoms with Gasteiger partial charge in [-0.2, -0.15) is 0 Å². The van der Waals surface area contributed by atoms with E-state index < -0.39 is 5.56 Å². The van der Waals surface area contributed by atoms with Crippen LogP contribution in [0.2, 0.25) is 0 Å². The van der Waals surface area contributed by atoms with E-state index >= 15 is 0 Å². The van der Waals surface area contributed by atoms with E-state index in [2.05, 4.69) is 10.3 Å². The lowest BCUT2D eigenvalue weighted by atomic mass is 10.1. The molecule has 0 atom stereocenters. The number of amides is 2. The van der Waals surface area contributed by atoms with Crippen molar-refractivity contribution in [2.24, 2.45) is 0 Å². The van der Waals surface area contributed by atoms with Crippen molar-refractivity contribution in [3.63, 3.8) is 0 Å². The fourth-order valence-electron chi connectivity index (χ4n) is 3.73. The number of para-hydroxylation sites is 2. The molecule has 0 aliphatic rings. The summed E-state index contributed by atoms with van der Waals surface area (Å²) in [6, 6.07) is 11.1. The number of rotatable bonds is 5. The third-order valence-electron chi connectivity index (χ3n) is 5.03. The lowest BCUT2D eigenvalue weighted by Gasteiger charge is -2.20. The Balaban J connectivity index is 2.05. The molecular formula is C23H26N4O3. The van der Waals surface area contributed by atoms with Crippen molar-refractivity contribution in [1.82, 2.24) is 9.55 Å². The summed E-state index contributed by atoms with van der Waals surface area (Å²) in [7, 11) is 0. The van der Waals surface area contributed by atoms with Crippen LogP contribution in [-0.2, 0) is 16.1 Å². The number of fused-ring (bicyclic) bond motifs is 1. The third-order valence-corrected chi connectivity index (χ3v) is 5.03. The van der Waals surface area contributed by atoms with Gasteiger partial charge >= 0.3 is 0 Å². The molecule has 1 heterocycles. The van der Waals surface area contributed by atoms with Gasteiger partial charge < -0.3 is 5.32 Å². The van der Waals surface area contributed by atoms with Crippen molar-refractivity contribution < 1.29 is 9.59 Å². The maximum Gasteiger partial charge on any atom is 0.294 e. The average Bonchev–Trinajstić information content (AvgIpc) is 2.68. The monoisotopic (exact) mass is 406 g/mol. The van der Waals surface area contributed by atoms with Gasteiger partial charge in [0.2, 0.25) is 17.6 Å². The van der Waals surface area contributed by atoms with Gasteiger partial charge in [0.1, 0.15) is 6.54 Å². The van der Waals surface area contributed by atoms with Crippen molar-refractivity contribution in [1.29, 1.82) is 0 Å². The lowest BCUT2D eigenvalue weighted by molar-refractivity contribution is -0.117. The summed E-state index contributed by atoms with van der Waals surface area (Å²) in [5.41, 5.74) is 4.40. The van der Waals surface area contributed by atoms with E-state index in [1.54, 1.807) is 31.2 Å². The second kappa shape index (κ2) is 8.49. The molecule has 0 unspecified atom stereocenters. The number of hydrogen-bond donors (Lipinski definition) is 1. The van der Waals surface area contributed by atoms with Gasteiger partial charge in [0.25, 0.3) is 5.56 Å². The molecule has 156 valence electrons. The topological polar surface area (TPSA) is 84.3 Å². The molecule has 1 N–H and O–H groups in total. The molecule has 0 saturated heterocycles. The lowest BCUT2D eigenvalue weighted by Crippen LogP contribution is -2.38. The van der Waals surface area contributed by atoms with Gasteiger partial charge in [-0.05, 0) is 51.0 Å². The van der Waals surface area contributed by atoms with E-state index in [0.717, 1.165) is 22.4 Å². The summed E-state index contributed by atoms with van der Waals surface area (Å²) >= 11 is 0. The SMILES string of the molecule is CCN(C(C)=O)c1nc2ccccc2n(CC(=O)Nc2c(C)cc(C)cc2C)c1=O. The fourth-order valence-corrected chi connectivity index (χ4v) is 3.73. The number of aryl methyl sites for hydroxylation is 3. The molecule has 2 amide bonds. The highest BCUT2D eigenvalue weighted by atomic mass is 16.2. The molecule has 0 bridgehead atoms. The Kier molecular flexibility index (Phi) is 6.01.